The number of hydrogen-bond donors (Lipinski definition) is 2. The summed E-state index contributed by atoms with van der Waals surface area (Å²) in [4.78, 5) is 24.4. The van der Waals surface area contributed by atoms with Crippen molar-refractivity contribution in [3.8, 4) is 0 Å². The van der Waals surface area contributed by atoms with Gasteiger partial charge in [-0.1, -0.05) is 55.5 Å². The SMILES string of the molecule is C=CC(=O)NC1CCCCN(S(=O)(=O)c2ccc(NC(=O)CCc3cccc4ccccc34)cc2)C1. The molecule has 188 valence electrons. The van der Waals surface area contributed by atoms with Gasteiger partial charge in [-0.2, -0.15) is 4.31 Å². The van der Waals surface area contributed by atoms with Crippen molar-refractivity contribution in [2.45, 2.75) is 43.0 Å². The fraction of sp³-hybridized carbons (Fsp3) is 0.286. The summed E-state index contributed by atoms with van der Waals surface area (Å²) in [5.41, 5.74) is 1.66. The number of fused-ring (bicyclic) bond motifs is 1. The first-order valence-corrected chi connectivity index (χ1v) is 13.6. The van der Waals surface area contributed by atoms with Gasteiger partial charge in [0.25, 0.3) is 0 Å². The zero-order valence-corrected chi connectivity index (χ0v) is 21.0. The predicted molar refractivity (Wildman–Crippen MR) is 142 cm³/mol. The molecule has 1 aliphatic heterocycles. The molecule has 0 aromatic heterocycles. The van der Waals surface area contributed by atoms with Crippen LogP contribution in [-0.2, 0) is 26.0 Å². The maximum Gasteiger partial charge on any atom is 0.243 e. The minimum Gasteiger partial charge on any atom is -0.349 e. The molecule has 0 radical (unpaired) electrons. The van der Waals surface area contributed by atoms with Gasteiger partial charge in [0.1, 0.15) is 0 Å². The van der Waals surface area contributed by atoms with Crippen LogP contribution in [-0.4, -0.2) is 43.7 Å². The monoisotopic (exact) mass is 505 g/mol. The number of hydrogen-bond acceptors (Lipinski definition) is 4. The highest BCUT2D eigenvalue weighted by atomic mass is 32.2. The molecule has 1 saturated heterocycles. The Kier molecular flexibility index (Phi) is 8.18. The molecule has 0 bridgehead atoms. The molecule has 0 aliphatic carbocycles. The molecule has 1 atom stereocenters. The Morgan fingerprint density at radius 3 is 2.53 bits per heavy atom. The van der Waals surface area contributed by atoms with E-state index in [1.807, 2.05) is 24.3 Å². The highest BCUT2D eigenvalue weighted by molar-refractivity contribution is 7.89. The molecule has 1 fully saturated rings. The van der Waals surface area contributed by atoms with Crippen molar-refractivity contribution in [2.75, 3.05) is 18.4 Å². The smallest absolute Gasteiger partial charge is 0.243 e. The quantitative estimate of drug-likeness (QED) is 0.447. The third kappa shape index (κ3) is 6.19. The van der Waals surface area contributed by atoms with Gasteiger partial charge in [-0.25, -0.2) is 8.42 Å². The fourth-order valence-electron chi connectivity index (χ4n) is 4.54. The maximum absolute atomic E-state index is 13.2. The first-order valence-electron chi connectivity index (χ1n) is 12.2. The lowest BCUT2D eigenvalue weighted by Crippen LogP contribution is -2.44. The normalized spacial score (nSPS) is 16.7. The van der Waals surface area contributed by atoms with Crippen LogP contribution in [0.25, 0.3) is 10.8 Å². The van der Waals surface area contributed by atoms with E-state index < -0.39 is 10.0 Å². The third-order valence-corrected chi connectivity index (χ3v) is 8.32. The summed E-state index contributed by atoms with van der Waals surface area (Å²) < 4.78 is 27.9. The van der Waals surface area contributed by atoms with Crippen LogP contribution in [0.3, 0.4) is 0 Å². The number of sulfonamides is 1. The molecule has 2 N–H and O–H groups in total. The molecule has 3 aromatic carbocycles. The highest BCUT2D eigenvalue weighted by Crippen LogP contribution is 2.23. The van der Waals surface area contributed by atoms with Crippen LogP contribution >= 0.6 is 0 Å². The van der Waals surface area contributed by atoms with E-state index >= 15 is 0 Å². The average molecular weight is 506 g/mol. The van der Waals surface area contributed by atoms with Crippen LogP contribution in [0, 0.1) is 0 Å². The molecule has 4 rings (SSSR count). The van der Waals surface area contributed by atoms with Crippen LogP contribution in [0.15, 0.2) is 84.3 Å². The number of carbonyl (C=O) groups excluding carboxylic acids is 2. The number of aryl methyl sites for hydroxylation is 1. The largest absolute Gasteiger partial charge is 0.349 e. The number of benzene rings is 3. The van der Waals surface area contributed by atoms with Gasteiger partial charge < -0.3 is 10.6 Å². The standard InChI is InChI=1S/C28H31N3O4S/c1-2-27(32)30-24-11-5-6-19-31(20-24)36(34,35)25-16-14-23(15-17-25)29-28(33)18-13-22-10-7-9-21-8-3-4-12-26(21)22/h2-4,7-10,12,14-17,24H,1,5-6,11,13,18-20H2,(H,29,33)(H,30,32). The van der Waals surface area contributed by atoms with Crippen molar-refractivity contribution in [3.05, 3.63) is 84.9 Å². The highest BCUT2D eigenvalue weighted by Gasteiger charge is 2.29. The molecule has 1 unspecified atom stereocenters. The lowest BCUT2D eigenvalue weighted by Gasteiger charge is -2.24. The van der Waals surface area contributed by atoms with Gasteiger partial charge in [-0.05, 0) is 65.9 Å². The molecule has 3 aromatic rings. The summed E-state index contributed by atoms with van der Waals surface area (Å²) in [5, 5.41) is 7.96. The van der Waals surface area contributed by atoms with E-state index in [0.29, 0.717) is 25.1 Å². The van der Waals surface area contributed by atoms with Gasteiger partial charge in [0.2, 0.25) is 21.8 Å². The second kappa shape index (κ2) is 11.5. The molecule has 0 spiro atoms. The first kappa shape index (κ1) is 25.6. The van der Waals surface area contributed by atoms with E-state index in [0.717, 1.165) is 35.6 Å². The lowest BCUT2D eigenvalue weighted by molar-refractivity contribution is -0.117. The molecule has 36 heavy (non-hydrogen) atoms. The number of anilines is 1. The summed E-state index contributed by atoms with van der Waals surface area (Å²) in [6.45, 7) is 4.07. The van der Waals surface area contributed by atoms with E-state index in [1.165, 1.54) is 22.5 Å². The predicted octanol–water partition coefficient (Wildman–Crippen LogP) is 4.26. The Bertz CT molecular complexity index is 1350. The van der Waals surface area contributed by atoms with Gasteiger partial charge >= 0.3 is 0 Å². The summed E-state index contributed by atoms with van der Waals surface area (Å²) in [5.74, 6) is -0.438. The Hall–Kier alpha value is -3.49. The minimum absolute atomic E-state index is 0.133. The number of rotatable bonds is 8. The van der Waals surface area contributed by atoms with Crippen molar-refractivity contribution < 1.29 is 18.0 Å². The lowest BCUT2D eigenvalue weighted by atomic mass is 10.0. The van der Waals surface area contributed by atoms with Gasteiger partial charge in [0.15, 0.2) is 0 Å². The van der Waals surface area contributed by atoms with Crippen molar-refractivity contribution in [1.82, 2.24) is 9.62 Å². The number of nitrogens with zero attached hydrogens (tertiary/aromatic N) is 1. The van der Waals surface area contributed by atoms with Gasteiger partial charge in [0.05, 0.1) is 4.90 Å². The molecule has 7 nitrogen and oxygen atoms in total. The van der Waals surface area contributed by atoms with Crippen LogP contribution in [0.2, 0.25) is 0 Å². The summed E-state index contributed by atoms with van der Waals surface area (Å²) in [6, 6.07) is 20.2. The molecular formula is C28H31N3O4S. The second-order valence-electron chi connectivity index (χ2n) is 8.98. The Balaban J connectivity index is 1.37. The van der Waals surface area contributed by atoms with Crippen molar-refractivity contribution in [1.29, 1.82) is 0 Å². The Morgan fingerprint density at radius 1 is 1.00 bits per heavy atom. The second-order valence-corrected chi connectivity index (χ2v) is 10.9. The van der Waals surface area contributed by atoms with Gasteiger partial charge in [-0.3, -0.25) is 9.59 Å². The van der Waals surface area contributed by atoms with Crippen molar-refractivity contribution >= 4 is 38.3 Å². The summed E-state index contributed by atoms with van der Waals surface area (Å²) in [7, 11) is -3.73. The molecule has 1 aliphatic rings. The molecular weight excluding hydrogens is 474 g/mol. The van der Waals surface area contributed by atoms with Gasteiger partial charge in [0, 0.05) is 31.2 Å². The first-order chi connectivity index (χ1) is 17.4. The van der Waals surface area contributed by atoms with Crippen molar-refractivity contribution in [3.63, 3.8) is 0 Å². The Morgan fingerprint density at radius 2 is 1.75 bits per heavy atom. The van der Waals surface area contributed by atoms with Crippen LogP contribution in [0.5, 0.6) is 0 Å². The molecule has 2 amide bonds. The van der Waals surface area contributed by atoms with Crippen LogP contribution in [0.1, 0.15) is 31.2 Å². The van der Waals surface area contributed by atoms with Crippen LogP contribution in [0.4, 0.5) is 5.69 Å². The van der Waals surface area contributed by atoms with E-state index in [1.54, 1.807) is 12.1 Å². The molecule has 0 saturated carbocycles. The summed E-state index contributed by atoms with van der Waals surface area (Å²) in [6.07, 6.45) is 4.40. The number of carbonyl (C=O) groups is 2. The number of amides is 2. The summed E-state index contributed by atoms with van der Waals surface area (Å²) >= 11 is 0. The Labute approximate surface area is 212 Å². The van der Waals surface area contributed by atoms with E-state index in [2.05, 4.69) is 35.4 Å². The number of nitrogens with one attached hydrogen (secondary N) is 2. The zero-order chi connectivity index (χ0) is 25.5. The maximum atomic E-state index is 13.2. The third-order valence-electron chi connectivity index (χ3n) is 6.44. The van der Waals surface area contributed by atoms with Crippen LogP contribution < -0.4 is 10.6 Å². The van der Waals surface area contributed by atoms with Crippen molar-refractivity contribution in [2.24, 2.45) is 0 Å². The van der Waals surface area contributed by atoms with E-state index in [4.69, 9.17) is 0 Å². The average Bonchev–Trinajstić information content (AvgIpc) is 3.14. The van der Waals surface area contributed by atoms with E-state index in [-0.39, 0.29) is 29.3 Å². The van der Waals surface area contributed by atoms with E-state index in [9.17, 15) is 18.0 Å². The molecule has 8 heteroatoms. The fourth-order valence-corrected chi connectivity index (χ4v) is 6.07. The molecule has 1 heterocycles. The zero-order valence-electron chi connectivity index (χ0n) is 20.2. The minimum atomic E-state index is -3.73. The van der Waals surface area contributed by atoms with Gasteiger partial charge in [-0.15, -0.1) is 0 Å². The topological polar surface area (TPSA) is 95.6 Å².